The van der Waals surface area contributed by atoms with Gasteiger partial charge in [-0.05, 0) is 42.3 Å². The molecule has 0 fully saturated rings. The van der Waals surface area contributed by atoms with Gasteiger partial charge in [0, 0.05) is 17.3 Å². The van der Waals surface area contributed by atoms with Gasteiger partial charge >= 0.3 is 0 Å². The largest absolute Gasteiger partial charge is 0.324 e. The number of hydrogen-bond donors (Lipinski definition) is 1. The van der Waals surface area contributed by atoms with Gasteiger partial charge in [0.1, 0.15) is 6.54 Å². The number of aryl methyl sites for hydroxylation is 1. The number of nitriles is 1. The zero-order valence-electron chi connectivity index (χ0n) is 14.8. The van der Waals surface area contributed by atoms with Gasteiger partial charge < -0.3 is 5.32 Å². The second kappa shape index (κ2) is 8.11. The highest BCUT2D eigenvalue weighted by Crippen LogP contribution is 2.16. The van der Waals surface area contributed by atoms with Crippen molar-refractivity contribution in [2.45, 2.75) is 19.9 Å². The van der Waals surface area contributed by atoms with Gasteiger partial charge in [-0.1, -0.05) is 31.2 Å². The first-order chi connectivity index (χ1) is 13.1. The van der Waals surface area contributed by atoms with E-state index in [1.165, 1.54) is 11.6 Å². The van der Waals surface area contributed by atoms with Crippen molar-refractivity contribution in [3.63, 3.8) is 0 Å². The third kappa shape index (κ3) is 4.47. The highest BCUT2D eigenvalue weighted by molar-refractivity contribution is 5.90. The number of nitrogens with one attached hydrogen (secondary N) is 1. The second-order valence-corrected chi connectivity index (χ2v) is 6.00. The molecule has 0 atom stereocenters. The maximum atomic E-state index is 12.2. The summed E-state index contributed by atoms with van der Waals surface area (Å²) in [6.07, 6.45) is 0.947. The first-order valence-corrected chi connectivity index (χ1v) is 8.56. The van der Waals surface area contributed by atoms with Gasteiger partial charge in [0.15, 0.2) is 0 Å². The summed E-state index contributed by atoms with van der Waals surface area (Å²) in [4.78, 5) is 24.3. The average molecular weight is 358 g/mol. The van der Waals surface area contributed by atoms with Crippen LogP contribution in [0.3, 0.4) is 0 Å². The molecular formula is C21H18N4O2. The molecular weight excluding hydrogens is 340 g/mol. The van der Waals surface area contributed by atoms with Crippen LogP contribution in [0.4, 0.5) is 5.69 Å². The summed E-state index contributed by atoms with van der Waals surface area (Å²) in [5, 5.41) is 15.8. The molecule has 0 radical (unpaired) electrons. The lowest BCUT2D eigenvalue weighted by Gasteiger charge is -2.09. The van der Waals surface area contributed by atoms with E-state index in [9.17, 15) is 9.59 Å². The van der Waals surface area contributed by atoms with Crippen molar-refractivity contribution < 1.29 is 4.79 Å². The third-order valence-corrected chi connectivity index (χ3v) is 4.12. The Balaban J connectivity index is 1.76. The van der Waals surface area contributed by atoms with Crippen molar-refractivity contribution in [1.29, 1.82) is 5.26 Å². The minimum absolute atomic E-state index is 0.195. The van der Waals surface area contributed by atoms with E-state index in [1.807, 2.05) is 30.3 Å². The molecule has 1 aromatic heterocycles. The summed E-state index contributed by atoms with van der Waals surface area (Å²) in [6.45, 7) is 1.89. The fourth-order valence-corrected chi connectivity index (χ4v) is 2.59. The van der Waals surface area contributed by atoms with E-state index >= 15 is 0 Å². The summed E-state index contributed by atoms with van der Waals surface area (Å²) in [6, 6.07) is 19.5. The van der Waals surface area contributed by atoms with Crippen molar-refractivity contribution >= 4 is 11.6 Å². The zero-order chi connectivity index (χ0) is 19.2. The standard InChI is InChI=1S/C21H18N4O2/c1-2-15-3-7-17(8-4-15)19-11-12-21(27)25(24-19)14-20(26)23-18-9-5-16(13-22)6-10-18/h3-12H,2,14H2,1H3,(H,23,26). The van der Waals surface area contributed by atoms with E-state index in [1.54, 1.807) is 30.3 Å². The zero-order valence-corrected chi connectivity index (χ0v) is 14.8. The molecule has 2 aromatic carbocycles. The molecule has 6 nitrogen and oxygen atoms in total. The number of amides is 1. The topological polar surface area (TPSA) is 87.8 Å². The Morgan fingerprint density at radius 3 is 2.41 bits per heavy atom. The summed E-state index contributed by atoms with van der Waals surface area (Å²) < 4.78 is 1.14. The van der Waals surface area contributed by atoms with Crippen LogP contribution in [0.15, 0.2) is 65.5 Å². The van der Waals surface area contributed by atoms with Crippen LogP contribution in [0, 0.1) is 11.3 Å². The minimum atomic E-state index is -0.368. The van der Waals surface area contributed by atoms with E-state index in [0.29, 0.717) is 16.9 Å². The SMILES string of the molecule is CCc1ccc(-c2ccc(=O)n(CC(=O)Nc3ccc(C#N)cc3)n2)cc1. The molecule has 0 spiro atoms. The van der Waals surface area contributed by atoms with Gasteiger partial charge in [-0.15, -0.1) is 0 Å². The van der Waals surface area contributed by atoms with Gasteiger partial charge in [0.05, 0.1) is 17.3 Å². The van der Waals surface area contributed by atoms with E-state index in [4.69, 9.17) is 5.26 Å². The van der Waals surface area contributed by atoms with Crippen LogP contribution in [0.1, 0.15) is 18.1 Å². The van der Waals surface area contributed by atoms with Crippen LogP contribution >= 0.6 is 0 Å². The van der Waals surface area contributed by atoms with Crippen LogP contribution in [0.2, 0.25) is 0 Å². The molecule has 6 heteroatoms. The molecule has 1 N–H and O–H groups in total. The number of carbonyl (C=O) groups is 1. The molecule has 0 unspecified atom stereocenters. The molecule has 0 bridgehead atoms. The average Bonchev–Trinajstić information content (AvgIpc) is 2.70. The lowest BCUT2D eigenvalue weighted by atomic mass is 10.1. The van der Waals surface area contributed by atoms with Gasteiger partial charge in [0.25, 0.3) is 5.56 Å². The first-order valence-electron chi connectivity index (χ1n) is 8.56. The number of aromatic nitrogens is 2. The fraction of sp³-hybridized carbons (Fsp3) is 0.143. The van der Waals surface area contributed by atoms with Crippen molar-refractivity contribution in [1.82, 2.24) is 9.78 Å². The van der Waals surface area contributed by atoms with Crippen LogP contribution in [0.25, 0.3) is 11.3 Å². The highest BCUT2D eigenvalue weighted by atomic mass is 16.2. The van der Waals surface area contributed by atoms with Gasteiger partial charge in [0.2, 0.25) is 5.91 Å². The first kappa shape index (κ1) is 18.1. The predicted molar refractivity (Wildman–Crippen MR) is 103 cm³/mol. The van der Waals surface area contributed by atoms with E-state index in [0.717, 1.165) is 16.7 Å². The summed E-state index contributed by atoms with van der Waals surface area (Å²) >= 11 is 0. The van der Waals surface area contributed by atoms with E-state index in [2.05, 4.69) is 17.3 Å². The lowest BCUT2D eigenvalue weighted by molar-refractivity contribution is -0.117. The molecule has 1 heterocycles. The number of benzene rings is 2. The Bertz CT molecular complexity index is 1050. The van der Waals surface area contributed by atoms with Gasteiger partial charge in [-0.3, -0.25) is 9.59 Å². The highest BCUT2D eigenvalue weighted by Gasteiger charge is 2.09. The lowest BCUT2D eigenvalue weighted by Crippen LogP contribution is -2.29. The molecule has 27 heavy (non-hydrogen) atoms. The quantitative estimate of drug-likeness (QED) is 0.759. The molecule has 0 aliphatic heterocycles. The number of nitrogens with zero attached hydrogens (tertiary/aromatic N) is 3. The summed E-state index contributed by atoms with van der Waals surface area (Å²) in [5.74, 6) is -0.368. The number of hydrogen-bond acceptors (Lipinski definition) is 4. The molecule has 0 aliphatic carbocycles. The van der Waals surface area contributed by atoms with Crippen molar-refractivity contribution in [2.75, 3.05) is 5.32 Å². The second-order valence-electron chi connectivity index (χ2n) is 6.00. The Labute approximate surface area is 156 Å². The Kier molecular flexibility index (Phi) is 5.43. The number of anilines is 1. The van der Waals surface area contributed by atoms with Gasteiger partial charge in [-0.25, -0.2) is 4.68 Å². The summed E-state index contributed by atoms with van der Waals surface area (Å²) in [7, 11) is 0. The molecule has 0 aliphatic rings. The van der Waals surface area contributed by atoms with E-state index < -0.39 is 0 Å². The Morgan fingerprint density at radius 1 is 1.07 bits per heavy atom. The smallest absolute Gasteiger partial charge is 0.267 e. The van der Waals surface area contributed by atoms with E-state index in [-0.39, 0.29) is 18.0 Å². The molecule has 0 saturated carbocycles. The number of rotatable bonds is 5. The summed E-state index contributed by atoms with van der Waals surface area (Å²) in [5.41, 5.74) is 3.44. The van der Waals surface area contributed by atoms with Crippen LogP contribution < -0.4 is 10.9 Å². The van der Waals surface area contributed by atoms with Crippen LogP contribution in [0.5, 0.6) is 0 Å². The maximum Gasteiger partial charge on any atom is 0.267 e. The maximum absolute atomic E-state index is 12.2. The number of carbonyl (C=O) groups excluding carboxylic acids is 1. The molecule has 3 aromatic rings. The minimum Gasteiger partial charge on any atom is -0.324 e. The fourth-order valence-electron chi connectivity index (χ4n) is 2.59. The Hall–Kier alpha value is -3.72. The van der Waals surface area contributed by atoms with Crippen molar-refractivity contribution in [3.05, 3.63) is 82.1 Å². The monoisotopic (exact) mass is 358 g/mol. The van der Waals surface area contributed by atoms with Gasteiger partial charge in [-0.2, -0.15) is 10.4 Å². The molecule has 134 valence electrons. The molecule has 1 amide bonds. The van der Waals surface area contributed by atoms with Crippen LogP contribution in [-0.2, 0) is 17.8 Å². The molecule has 3 rings (SSSR count). The third-order valence-electron chi connectivity index (χ3n) is 4.12. The van der Waals surface area contributed by atoms with Crippen LogP contribution in [-0.4, -0.2) is 15.7 Å². The molecule has 0 saturated heterocycles. The normalized spacial score (nSPS) is 10.2. The van der Waals surface area contributed by atoms with Crippen molar-refractivity contribution in [3.8, 4) is 17.3 Å². The van der Waals surface area contributed by atoms with Crippen molar-refractivity contribution in [2.24, 2.45) is 0 Å². The predicted octanol–water partition coefficient (Wildman–Crippen LogP) is 2.98. The Morgan fingerprint density at radius 2 is 1.78 bits per heavy atom.